The Bertz CT molecular complexity index is 783. The molecule has 0 aliphatic rings. The summed E-state index contributed by atoms with van der Waals surface area (Å²) in [6, 6.07) is 8.78. The lowest BCUT2D eigenvalue weighted by Gasteiger charge is -2.07. The lowest BCUT2D eigenvalue weighted by molar-refractivity contribution is -0.133. The number of rotatable bonds is 4. The maximum atomic E-state index is 10.7. The predicted molar refractivity (Wildman–Crippen MR) is 76.1 cm³/mol. The Morgan fingerprint density at radius 1 is 1.38 bits per heavy atom. The first-order valence-corrected chi connectivity index (χ1v) is 6.89. The van der Waals surface area contributed by atoms with Gasteiger partial charge in [-0.05, 0) is 25.1 Å². The molecule has 0 fully saturated rings. The Balaban J connectivity index is 2.45. The number of aryl methyl sites for hydroxylation is 1. The van der Waals surface area contributed by atoms with Gasteiger partial charge in [0.05, 0.1) is 22.6 Å². The number of nitrogens with zero attached hydrogens (tertiary/aromatic N) is 4. The molecule has 0 unspecified atom stereocenters. The summed E-state index contributed by atoms with van der Waals surface area (Å²) < 4.78 is 1.71. The van der Waals surface area contributed by atoms with E-state index >= 15 is 0 Å². The van der Waals surface area contributed by atoms with Crippen molar-refractivity contribution >= 4 is 17.7 Å². The number of carboxylic acid groups (broad SMARTS) is 1. The third kappa shape index (κ3) is 3.22. The van der Waals surface area contributed by atoms with E-state index in [1.54, 1.807) is 35.9 Å². The smallest absolute Gasteiger partial charge is 0.313 e. The summed E-state index contributed by atoms with van der Waals surface area (Å²) in [6.45, 7) is 1.80. The van der Waals surface area contributed by atoms with Gasteiger partial charge in [0.15, 0.2) is 5.16 Å². The van der Waals surface area contributed by atoms with Crippen molar-refractivity contribution < 1.29 is 9.90 Å². The van der Waals surface area contributed by atoms with Crippen LogP contribution in [0, 0.1) is 29.6 Å². The zero-order valence-corrected chi connectivity index (χ0v) is 11.9. The molecule has 0 aliphatic carbocycles. The average molecular weight is 298 g/mol. The van der Waals surface area contributed by atoms with Gasteiger partial charge >= 0.3 is 5.97 Å². The Morgan fingerprint density at radius 2 is 2.10 bits per heavy atom. The zero-order chi connectivity index (χ0) is 15.4. The summed E-state index contributed by atoms with van der Waals surface area (Å²) in [4.78, 5) is 14.9. The molecule has 104 valence electrons. The summed E-state index contributed by atoms with van der Waals surface area (Å²) in [5, 5.41) is 27.3. The maximum absolute atomic E-state index is 10.7. The van der Waals surface area contributed by atoms with Crippen molar-refractivity contribution in [2.75, 3.05) is 5.75 Å². The fraction of sp³-hybridized carbons (Fsp3) is 0.143. The van der Waals surface area contributed by atoms with Crippen molar-refractivity contribution in [3.63, 3.8) is 0 Å². The molecule has 0 spiro atoms. The van der Waals surface area contributed by atoms with Gasteiger partial charge in [-0.25, -0.2) is 4.98 Å². The van der Waals surface area contributed by atoms with Crippen LogP contribution in [0.1, 0.15) is 16.8 Å². The summed E-state index contributed by atoms with van der Waals surface area (Å²) in [5.74, 6) is -1.03. The van der Waals surface area contributed by atoms with E-state index < -0.39 is 5.97 Å². The molecule has 6 nitrogen and oxygen atoms in total. The van der Waals surface area contributed by atoms with Crippen LogP contribution in [0.15, 0.2) is 29.6 Å². The van der Waals surface area contributed by atoms with Crippen molar-refractivity contribution in [3.8, 4) is 17.8 Å². The molecule has 0 aliphatic heterocycles. The minimum absolute atomic E-state index is 0.0994. The highest BCUT2D eigenvalue weighted by molar-refractivity contribution is 7.99. The second kappa shape index (κ2) is 6.12. The predicted octanol–water partition coefficient (Wildman–Crippen LogP) is 2.10. The van der Waals surface area contributed by atoms with Crippen molar-refractivity contribution in [2.45, 2.75) is 12.1 Å². The van der Waals surface area contributed by atoms with E-state index in [4.69, 9.17) is 15.6 Å². The Hall–Kier alpha value is -2.77. The normalized spacial score (nSPS) is 9.86. The number of aliphatic carboxylic acids is 1. The molecular formula is C14H10N4O2S. The zero-order valence-electron chi connectivity index (χ0n) is 11.1. The van der Waals surface area contributed by atoms with Crippen LogP contribution in [0.2, 0.25) is 0 Å². The minimum atomic E-state index is -0.926. The van der Waals surface area contributed by atoms with Gasteiger partial charge in [-0.15, -0.1) is 0 Å². The number of nitriles is 2. The summed E-state index contributed by atoms with van der Waals surface area (Å²) in [7, 11) is 0. The summed E-state index contributed by atoms with van der Waals surface area (Å²) >= 11 is 1.10. The van der Waals surface area contributed by atoms with E-state index in [-0.39, 0.29) is 11.3 Å². The van der Waals surface area contributed by atoms with Crippen LogP contribution in [-0.4, -0.2) is 26.4 Å². The van der Waals surface area contributed by atoms with Crippen LogP contribution in [0.5, 0.6) is 0 Å². The maximum Gasteiger partial charge on any atom is 0.313 e. The number of thioether (sulfide) groups is 1. The fourth-order valence-electron chi connectivity index (χ4n) is 1.76. The van der Waals surface area contributed by atoms with Gasteiger partial charge in [0, 0.05) is 11.9 Å². The van der Waals surface area contributed by atoms with Gasteiger partial charge in [-0.2, -0.15) is 10.5 Å². The summed E-state index contributed by atoms with van der Waals surface area (Å²) in [5.41, 5.74) is 1.98. The van der Waals surface area contributed by atoms with Gasteiger partial charge in [0.25, 0.3) is 0 Å². The number of benzene rings is 1. The molecule has 0 radical (unpaired) electrons. The van der Waals surface area contributed by atoms with Crippen LogP contribution in [0.25, 0.3) is 5.69 Å². The standard InChI is InChI=1S/C14H10N4O2S/c1-9-7-18(14(17-9)21-8-13(19)20)12-3-2-10(5-15)11(4-12)6-16/h2-4,7H,8H2,1H3,(H,19,20). The van der Waals surface area contributed by atoms with E-state index in [1.807, 2.05) is 12.1 Å². The number of carbonyl (C=O) groups is 1. The molecule has 0 bridgehead atoms. The first kappa shape index (κ1) is 14.6. The molecule has 0 saturated heterocycles. The molecule has 1 aromatic heterocycles. The molecule has 21 heavy (non-hydrogen) atoms. The van der Waals surface area contributed by atoms with E-state index in [0.717, 1.165) is 17.5 Å². The molecule has 1 heterocycles. The minimum Gasteiger partial charge on any atom is -0.481 e. The third-order valence-electron chi connectivity index (χ3n) is 2.64. The van der Waals surface area contributed by atoms with Crippen molar-refractivity contribution in [3.05, 3.63) is 41.2 Å². The molecule has 2 aromatic rings. The van der Waals surface area contributed by atoms with E-state index in [9.17, 15) is 4.79 Å². The Morgan fingerprint density at radius 3 is 2.71 bits per heavy atom. The van der Waals surface area contributed by atoms with Gasteiger partial charge in [0.1, 0.15) is 12.1 Å². The second-order valence-electron chi connectivity index (χ2n) is 4.17. The largest absolute Gasteiger partial charge is 0.481 e. The number of carboxylic acids is 1. The molecule has 0 amide bonds. The fourth-order valence-corrected chi connectivity index (χ4v) is 2.52. The Kier molecular flexibility index (Phi) is 4.27. The average Bonchev–Trinajstić information content (AvgIpc) is 2.85. The number of imidazole rings is 1. The molecule has 0 saturated carbocycles. The highest BCUT2D eigenvalue weighted by Gasteiger charge is 2.12. The lowest BCUT2D eigenvalue weighted by Crippen LogP contribution is -2.01. The van der Waals surface area contributed by atoms with Crippen LogP contribution in [0.3, 0.4) is 0 Å². The van der Waals surface area contributed by atoms with E-state index in [2.05, 4.69) is 4.98 Å². The van der Waals surface area contributed by atoms with Gasteiger partial charge in [0.2, 0.25) is 0 Å². The molecular weight excluding hydrogens is 288 g/mol. The number of hydrogen-bond acceptors (Lipinski definition) is 5. The quantitative estimate of drug-likeness (QED) is 0.867. The van der Waals surface area contributed by atoms with Crippen LogP contribution >= 0.6 is 11.8 Å². The molecule has 2 rings (SSSR count). The molecule has 0 atom stereocenters. The highest BCUT2D eigenvalue weighted by atomic mass is 32.2. The van der Waals surface area contributed by atoms with E-state index in [1.165, 1.54) is 0 Å². The Labute approximate surface area is 125 Å². The molecule has 7 heteroatoms. The summed E-state index contributed by atoms with van der Waals surface area (Å²) in [6.07, 6.45) is 1.76. The van der Waals surface area contributed by atoms with Crippen LogP contribution in [-0.2, 0) is 4.79 Å². The third-order valence-corrected chi connectivity index (χ3v) is 3.58. The number of aromatic nitrogens is 2. The van der Waals surface area contributed by atoms with Gasteiger partial charge in [-0.1, -0.05) is 11.8 Å². The SMILES string of the molecule is Cc1cn(-c2ccc(C#N)c(C#N)c2)c(SCC(=O)O)n1. The van der Waals surface area contributed by atoms with Gasteiger partial charge < -0.3 is 5.11 Å². The van der Waals surface area contributed by atoms with Crippen LogP contribution in [0.4, 0.5) is 0 Å². The molecule has 1 N–H and O–H groups in total. The van der Waals surface area contributed by atoms with Crippen molar-refractivity contribution in [2.24, 2.45) is 0 Å². The van der Waals surface area contributed by atoms with E-state index in [0.29, 0.717) is 16.4 Å². The monoisotopic (exact) mass is 298 g/mol. The first-order chi connectivity index (χ1) is 10.0. The highest BCUT2D eigenvalue weighted by Crippen LogP contribution is 2.23. The van der Waals surface area contributed by atoms with Crippen molar-refractivity contribution in [1.29, 1.82) is 10.5 Å². The molecule has 1 aromatic carbocycles. The topological polar surface area (TPSA) is 103 Å². The van der Waals surface area contributed by atoms with Crippen LogP contribution < -0.4 is 0 Å². The van der Waals surface area contributed by atoms with Gasteiger partial charge in [-0.3, -0.25) is 9.36 Å². The number of hydrogen-bond donors (Lipinski definition) is 1. The first-order valence-electron chi connectivity index (χ1n) is 5.90. The van der Waals surface area contributed by atoms with Crippen molar-refractivity contribution in [1.82, 2.24) is 9.55 Å². The lowest BCUT2D eigenvalue weighted by atomic mass is 10.1. The second-order valence-corrected chi connectivity index (χ2v) is 5.11.